The molecule has 1 aromatic rings. The lowest BCUT2D eigenvalue weighted by Gasteiger charge is -2.27. The van der Waals surface area contributed by atoms with Crippen LogP contribution in [0.25, 0.3) is 0 Å². The highest BCUT2D eigenvalue weighted by molar-refractivity contribution is 5.98. The van der Waals surface area contributed by atoms with E-state index in [1.165, 1.54) is 6.42 Å². The van der Waals surface area contributed by atoms with Gasteiger partial charge in [0.15, 0.2) is 0 Å². The van der Waals surface area contributed by atoms with Crippen LogP contribution < -0.4 is 16.7 Å². The van der Waals surface area contributed by atoms with Crippen LogP contribution >= 0.6 is 0 Å². The molecule has 6 nitrogen and oxygen atoms in total. The second-order valence-electron chi connectivity index (χ2n) is 4.50. The maximum Gasteiger partial charge on any atom is 0.269 e. The minimum absolute atomic E-state index is 0.169. The predicted molar refractivity (Wildman–Crippen MR) is 69.7 cm³/mol. The predicted octanol–water partition coefficient (Wildman–Crippen LogP) is 0.806. The third-order valence-corrected chi connectivity index (χ3v) is 3.06. The molecule has 0 atom stereocenters. The van der Waals surface area contributed by atoms with E-state index in [4.69, 9.17) is 5.84 Å². The number of aromatic nitrogens is 1. The highest BCUT2D eigenvalue weighted by Gasteiger charge is 2.16. The molecule has 0 saturated carbocycles. The molecule has 1 fully saturated rings. The van der Waals surface area contributed by atoms with Crippen LogP contribution in [0, 0.1) is 6.92 Å². The van der Waals surface area contributed by atoms with Crippen molar-refractivity contribution in [1.82, 2.24) is 15.4 Å². The topological polar surface area (TPSA) is 83.3 Å². The number of aryl methyl sites for hydroxylation is 1. The van der Waals surface area contributed by atoms with E-state index < -0.39 is 0 Å². The molecular formula is C12H19N5O. The first-order chi connectivity index (χ1) is 8.70. The molecule has 6 heteroatoms. The second-order valence-corrected chi connectivity index (χ2v) is 4.50. The van der Waals surface area contributed by atoms with Crippen LogP contribution in [0.1, 0.15) is 35.3 Å². The van der Waals surface area contributed by atoms with Crippen LogP contribution in [0.3, 0.4) is 0 Å². The number of piperidine rings is 1. The summed E-state index contributed by atoms with van der Waals surface area (Å²) >= 11 is 0. The van der Waals surface area contributed by atoms with E-state index in [0.29, 0.717) is 11.3 Å². The van der Waals surface area contributed by atoms with Crippen molar-refractivity contribution in [2.75, 3.05) is 18.5 Å². The van der Waals surface area contributed by atoms with E-state index in [1.54, 1.807) is 12.3 Å². The number of anilines is 1. The molecule has 4 N–H and O–H groups in total. The molecule has 98 valence electrons. The van der Waals surface area contributed by atoms with Gasteiger partial charge in [-0.05, 0) is 25.8 Å². The maximum absolute atomic E-state index is 12.1. The van der Waals surface area contributed by atoms with Crippen molar-refractivity contribution in [2.45, 2.75) is 26.2 Å². The number of hydrogen-bond donors (Lipinski definition) is 3. The zero-order valence-electron chi connectivity index (χ0n) is 10.6. The molecule has 1 saturated heterocycles. The Kier molecular flexibility index (Phi) is 4.11. The normalized spacial score (nSPS) is 16.3. The number of hydrazine groups is 2. The Morgan fingerprint density at radius 2 is 2.11 bits per heavy atom. The molecule has 1 aromatic heterocycles. The van der Waals surface area contributed by atoms with E-state index in [9.17, 15) is 4.79 Å². The highest BCUT2D eigenvalue weighted by Crippen LogP contribution is 2.15. The Labute approximate surface area is 107 Å². The molecule has 1 aliphatic heterocycles. The van der Waals surface area contributed by atoms with Crippen molar-refractivity contribution >= 4 is 11.6 Å². The molecule has 0 aliphatic carbocycles. The van der Waals surface area contributed by atoms with Gasteiger partial charge in [-0.1, -0.05) is 6.42 Å². The lowest BCUT2D eigenvalue weighted by molar-refractivity contribution is 0.0750. The van der Waals surface area contributed by atoms with Gasteiger partial charge in [0.05, 0.1) is 11.3 Å². The number of hydrogen-bond acceptors (Lipinski definition) is 5. The van der Waals surface area contributed by atoms with Crippen molar-refractivity contribution < 1.29 is 4.79 Å². The monoisotopic (exact) mass is 249 g/mol. The number of nitrogen functional groups attached to an aromatic ring is 1. The third kappa shape index (κ3) is 2.96. The summed E-state index contributed by atoms with van der Waals surface area (Å²) in [6.45, 7) is 3.65. The van der Waals surface area contributed by atoms with E-state index in [-0.39, 0.29) is 5.91 Å². The fourth-order valence-electron chi connectivity index (χ4n) is 2.07. The summed E-state index contributed by atoms with van der Waals surface area (Å²) in [7, 11) is 0. The molecule has 2 heterocycles. The molecule has 2 rings (SSSR count). The number of amides is 1. The van der Waals surface area contributed by atoms with Crippen LogP contribution in [-0.2, 0) is 0 Å². The van der Waals surface area contributed by atoms with Gasteiger partial charge >= 0.3 is 0 Å². The summed E-state index contributed by atoms with van der Waals surface area (Å²) in [6, 6.07) is 1.76. The van der Waals surface area contributed by atoms with Gasteiger partial charge in [-0.25, -0.2) is 5.01 Å². The van der Waals surface area contributed by atoms with Crippen LogP contribution in [0.5, 0.6) is 0 Å². The van der Waals surface area contributed by atoms with Gasteiger partial charge in [0.1, 0.15) is 0 Å². The Bertz CT molecular complexity index is 428. The van der Waals surface area contributed by atoms with Crippen molar-refractivity contribution in [1.29, 1.82) is 0 Å². The number of nitrogens with zero attached hydrogens (tertiary/aromatic N) is 2. The van der Waals surface area contributed by atoms with Gasteiger partial charge < -0.3 is 5.43 Å². The van der Waals surface area contributed by atoms with Crippen molar-refractivity contribution in [3.05, 3.63) is 23.5 Å². The summed E-state index contributed by atoms with van der Waals surface area (Å²) in [5.74, 6) is 5.25. The number of carbonyl (C=O) groups excluding carboxylic acids is 1. The van der Waals surface area contributed by atoms with Crippen LogP contribution in [0.2, 0.25) is 0 Å². The molecule has 1 aliphatic rings. The van der Waals surface area contributed by atoms with Crippen LogP contribution in [0.15, 0.2) is 12.3 Å². The van der Waals surface area contributed by atoms with Crippen molar-refractivity contribution in [3.8, 4) is 0 Å². The Morgan fingerprint density at radius 3 is 2.78 bits per heavy atom. The zero-order chi connectivity index (χ0) is 13.0. The smallest absolute Gasteiger partial charge is 0.269 e. The number of carbonyl (C=O) groups is 1. The van der Waals surface area contributed by atoms with Crippen molar-refractivity contribution in [2.24, 2.45) is 5.84 Å². The molecule has 0 unspecified atom stereocenters. The molecule has 18 heavy (non-hydrogen) atoms. The first-order valence-electron chi connectivity index (χ1n) is 6.20. The van der Waals surface area contributed by atoms with Gasteiger partial charge in [0.25, 0.3) is 5.91 Å². The largest absolute Gasteiger partial charge is 0.323 e. The number of nitrogens with one attached hydrogen (secondary N) is 2. The minimum Gasteiger partial charge on any atom is -0.323 e. The summed E-state index contributed by atoms with van der Waals surface area (Å²) in [6.07, 6.45) is 5.01. The SMILES string of the molecule is Cc1cc(NN)c(C(=O)NN2CCCCC2)cn1. The van der Waals surface area contributed by atoms with Crippen LogP contribution in [0.4, 0.5) is 5.69 Å². The van der Waals surface area contributed by atoms with E-state index in [0.717, 1.165) is 31.6 Å². The fourth-order valence-corrected chi connectivity index (χ4v) is 2.07. The molecular weight excluding hydrogens is 230 g/mol. The molecule has 1 amide bonds. The van der Waals surface area contributed by atoms with E-state index >= 15 is 0 Å². The quantitative estimate of drug-likeness (QED) is 0.545. The minimum atomic E-state index is -0.169. The number of nitrogens with two attached hydrogens (primary N) is 1. The maximum atomic E-state index is 12.1. The summed E-state index contributed by atoms with van der Waals surface area (Å²) in [4.78, 5) is 16.2. The summed E-state index contributed by atoms with van der Waals surface area (Å²) in [5.41, 5.74) is 7.30. The Morgan fingerprint density at radius 1 is 1.39 bits per heavy atom. The van der Waals surface area contributed by atoms with Gasteiger partial charge in [0, 0.05) is 25.0 Å². The zero-order valence-corrected chi connectivity index (χ0v) is 10.6. The number of pyridine rings is 1. The molecule has 0 bridgehead atoms. The highest BCUT2D eigenvalue weighted by atomic mass is 16.2. The fraction of sp³-hybridized carbons (Fsp3) is 0.500. The molecule has 0 radical (unpaired) electrons. The van der Waals surface area contributed by atoms with Gasteiger partial charge in [-0.3, -0.25) is 21.0 Å². The molecule has 0 spiro atoms. The Hall–Kier alpha value is -1.66. The summed E-state index contributed by atoms with van der Waals surface area (Å²) < 4.78 is 0. The van der Waals surface area contributed by atoms with Crippen LogP contribution in [-0.4, -0.2) is 29.0 Å². The Balaban J connectivity index is 2.08. The summed E-state index contributed by atoms with van der Waals surface area (Å²) in [5, 5.41) is 1.95. The average molecular weight is 249 g/mol. The first kappa shape index (κ1) is 12.8. The van der Waals surface area contributed by atoms with Crippen molar-refractivity contribution in [3.63, 3.8) is 0 Å². The van der Waals surface area contributed by atoms with E-state index in [2.05, 4.69) is 15.8 Å². The van der Waals surface area contributed by atoms with Gasteiger partial charge in [-0.15, -0.1) is 0 Å². The standard InChI is InChI=1S/C12H19N5O/c1-9-7-11(15-13)10(8-14-9)12(18)16-17-5-3-2-4-6-17/h7-8H,2-6,13H2,1H3,(H,14,15)(H,16,18). The number of rotatable bonds is 3. The third-order valence-electron chi connectivity index (χ3n) is 3.06. The average Bonchev–Trinajstić information content (AvgIpc) is 2.39. The lowest BCUT2D eigenvalue weighted by atomic mass is 10.1. The van der Waals surface area contributed by atoms with Gasteiger partial charge in [-0.2, -0.15) is 0 Å². The van der Waals surface area contributed by atoms with Gasteiger partial charge in [0.2, 0.25) is 0 Å². The molecule has 0 aromatic carbocycles. The lowest BCUT2D eigenvalue weighted by Crippen LogP contribution is -2.45. The van der Waals surface area contributed by atoms with E-state index in [1.807, 2.05) is 11.9 Å². The first-order valence-corrected chi connectivity index (χ1v) is 6.20. The second kappa shape index (κ2) is 5.79.